The summed E-state index contributed by atoms with van der Waals surface area (Å²) in [6.07, 6.45) is 1.66. The average molecular weight is 317 g/mol. The van der Waals surface area contributed by atoms with Crippen molar-refractivity contribution in [2.24, 2.45) is 0 Å². The van der Waals surface area contributed by atoms with Gasteiger partial charge in [0.2, 0.25) is 0 Å². The first-order valence-electron chi connectivity index (χ1n) is 7.28. The maximum absolute atomic E-state index is 11.9. The summed E-state index contributed by atoms with van der Waals surface area (Å²) in [4.78, 5) is 20.2. The van der Waals surface area contributed by atoms with Crippen LogP contribution in [0.25, 0.3) is 0 Å². The molecule has 0 unspecified atom stereocenters. The molecule has 0 aliphatic heterocycles. The van der Waals surface area contributed by atoms with Crippen LogP contribution in [-0.2, 0) is 12.0 Å². The zero-order valence-corrected chi connectivity index (χ0v) is 14.6. The molecule has 1 amide bonds. The standard InChI is InChI=1S/C17H23N3OS/c1-17(2,3)15-7-6-13(22-15)11-19-12-8-9-18-14(10-12)16(21)20(4)5/h6-10H,11H2,1-5H3,(H,18,19). The lowest BCUT2D eigenvalue weighted by Crippen LogP contribution is -2.22. The number of anilines is 1. The van der Waals surface area contributed by atoms with Crippen molar-refractivity contribution in [3.63, 3.8) is 0 Å². The number of aromatic nitrogens is 1. The summed E-state index contributed by atoms with van der Waals surface area (Å²) in [6.45, 7) is 7.41. The summed E-state index contributed by atoms with van der Waals surface area (Å²) >= 11 is 1.82. The quantitative estimate of drug-likeness (QED) is 0.934. The van der Waals surface area contributed by atoms with Crippen molar-refractivity contribution < 1.29 is 4.79 Å². The van der Waals surface area contributed by atoms with Gasteiger partial charge in [-0.05, 0) is 29.7 Å². The topological polar surface area (TPSA) is 45.2 Å². The van der Waals surface area contributed by atoms with Gasteiger partial charge < -0.3 is 10.2 Å². The SMILES string of the molecule is CN(C)C(=O)c1cc(NCc2ccc(C(C)(C)C)s2)ccn1. The Hall–Kier alpha value is -1.88. The van der Waals surface area contributed by atoms with Crippen molar-refractivity contribution in [1.82, 2.24) is 9.88 Å². The minimum atomic E-state index is -0.0882. The van der Waals surface area contributed by atoms with Crippen LogP contribution in [0.3, 0.4) is 0 Å². The van der Waals surface area contributed by atoms with E-state index in [9.17, 15) is 4.79 Å². The first kappa shape index (κ1) is 16.5. The number of rotatable bonds is 4. The van der Waals surface area contributed by atoms with E-state index < -0.39 is 0 Å². The number of pyridine rings is 1. The molecule has 0 aliphatic carbocycles. The minimum Gasteiger partial charge on any atom is -0.380 e. The fourth-order valence-corrected chi connectivity index (χ4v) is 2.96. The Balaban J connectivity index is 2.04. The van der Waals surface area contributed by atoms with Crippen LogP contribution in [0.1, 0.15) is 41.0 Å². The predicted molar refractivity (Wildman–Crippen MR) is 92.6 cm³/mol. The van der Waals surface area contributed by atoms with Gasteiger partial charge in [-0.15, -0.1) is 11.3 Å². The van der Waals surface area contributed by atoms with Crippen molar-refractivity contribution in [2.45, 2.75) is 32.7 Å². The monoisotopic (exact) mass is 317 g/mol. The van der Waals surface area contributed by atoms with E-state index in [1.807, 2.05) is 17.4 Å². The van der Waals surface area contributed by atoms with E-state index in [0.29, 0.717) is 5.69 Å². The molecule has 0 aromatic carbocycles. The van der Waals surface area contributed by atoms with Gasteiger partial charge in [0.15, 0.2) is 0 Å². The highest BCUT2D eigenvalue weighted by molar-refractivity contribution is 7.12. The Kier molecular flexibility index (Phi) is 4.86. The zero-order chi connectivity index (χ0) is 16.3. The molecular weight excluding hydrogens is 294 g/mol. The summed E-state index contributed by atoms with van der Waals surface area (Å²) in [5.74, 6) is -0.0882. The van der Waals surface area contributed by atoms with Crippen LogP contribution in [0.4, 0.5) is 5.69 Å². The highest BCUT2D eigenvalue weighted by atomic mass is 32.1. The van der Waals surface area contributed by atoms with Crippen LogP contribution in [0.2, 0.25) is 0 Å². The third-order valence-electron chi connectivity index (χ3n) is 3.25. The second-order valence-corrected chi connectivity index (χ2v) is 7.67. The normalized spacial score (nSPS) is 11.3. The van der Waals surface area contributed by atoms with Crippen LogP contribution in [0, 0.1) is 0 Å². The molecule has 0 aliphatic rings. The molecule has 22 heavy (non-hydrogen) atoms. The van der Waals surface area contributed by atoms with E-state index in [1.165, 1.54) is 14.7 Å². The van der Waals surface area contributed by atoms with Gasteiger partial charge in [0.1, 0.15) is 5.69 Å². The molecule has 2 aromatic rings. The van der Waals surface area contributed by atoms with E-state index in [2.05, 4.69) is 43.2 Å². The molecule has 0 saturated heterocycles. The Labute approximate surface area is 136 Å². The lowest BCUT2D eigenvalue weighted by molar-refractivity contribution is 0.0822. The molecule has 2 aromatic heterocycles. The number of thiophene rings is 1. The van der Waals surface area contributed by atoms with E-state index in [-0.39, 0.29) is 11.3 Å². The van der Waals surface area contributed by atoms with Gasteiger partial charge in [-0.3, -0.25) is 9.78 Å². The summed E-state index contributed by atoms with van der Waals surface area (Å²) < 4.78 is 0. The highest BCUT2D eigenvalue weighted by Crippen LogP contribution is 2.29. The summed E-state index contributed by atoms with van der Waals surface area (Å²) in [7, 11) is 3.45. The molecule has 2 rings (SSSR count). The number of amides is 1. The van der Waals surface area contributed by atoms with Crippen LogP contribution in [0.5, 0.6) is 0 Å². The average Bonchev–Trinajstić information content (AvgIpc) is 2.93. The molecule has 0 fully saturated rings. The lowest BCUT2D eigenvalue weighted by atomic mass is 9.95. The van der Waals surface area contributed by atoms with Gasteiger partial charge >= 0.3 is 0 Å². The van der Waals surface area contributed by atoms with Gasteiger partial charge in [0, 0.05) is 42.3 Å². The first-order valence-corrected chi connectivity index (χ1v) is 8.10. The van der Waals surface area contributed by atoms with Crippen molar-refractivity contribution in [2.75, 3.05) is 19.4 Å². The molecule has 118 valence electrons. The van der Waals surface area contributed by atoms with Crippen molar-refractivity contribution >= 4 is 22.9 Å². The molecule has 0 bridgehead atoms. The Morgan fingerprint density at radius 1 is 1.27 bits per heavy atom. The Bertz CT molecular complexity index is 656. The first-order chi connectivity index (χ1) is 10.3. The molecular formula is C17H23N3OS. The third-order valence-corrected chi connectivity index (χ3v) is 4.76. The van der Waals surface area contributed by atoms with Gasteiger partial charge in [-0.1, -0.05) is 20.8 Å². The largest absolute Gasteiger partial charge is 0.380 e. The molecule has 1 N–H and O–H groups in total. The number of carbonyl (C=O) groups excluding carboxylic acids is 1. The summed E-state index contributed by atoms with van der Waals surface area (Å²) in [6, 6.07) is 8.02. The predicted octanol–water partition coefficient (Wildman–Crippen LogP) is 3.75. The smallest absolute Gasteiger partial charge is 0.272 e. The molecule has 0 saturated carbocycles. The summed E-state index contributed by atoms with van der Waals surface area (Å²) in [5, 5.41) is 3.36. The van der Waals surface area contributed by atoms with Gasteiger partial charge in [0.25, 0.3) is 5.91 Å². The van der Waals surface area contributed by atoms with Gasteiger partial charge in [-0.25, -0.2) is 0 Å². The van der Waals surface area contributed by atoms with Gasteiger partial charge in [0.05, 0.1) is 0 Å². The van der Waals surface area contributed by atoms with Crippen LogP contribution < -0.4 is 5.32 Å². The zero-order valence-electron chi connectivity index (χ0n) is 13.8. The molecule has 0 spiro atoms. The van der Waals surface area contributed by atoms with Crippen LogP contribution >= 0.6 is 11.3 Å². The fraction of sp³-hybridized carbons (Fsp3) is 0.412. The number of nitrogens with zero attached hydrogens (tertiary/aromatic N) is 2. The van der Waals surface area contributed by atoms with E-state index >= 15 is 0 Å². The number of hydrogen-bond acceptors (Lipinski definition) is 4. The second-order valence-electron chi connectivity index (χ2n) is 6.50. The van der Waals surface area contributed by atoms with E-state index in [1.54, 1.807) is 26.4 Å². The van der Waals surface area contributed by atoms with E-state index in [0.717, 1.165) is 12.2 Å². The van der Waals surface area contributed by atoms with Gasteiger partial charge in [-0.2, -0.15) is 0 Å². The number of carbonyl (C=O) groups is 1. The van der Waals surface area contributed by atoms with Crippen molar-refractivity contribution in [3.05, 3.63) is 45.9 Å². The minimum absolute atomic E-state index is 0.0882. The van der Waals surface area contributed by atoms with E-state index in [4.69, 9.17) is 0 Å². The molecule has 5 heteroatoms. The van der Waals surface area contributed by atoms with Crippen LogP contribution in [-0.4, -0.2) is 29.9 Å². The molecule has 0 radical (unpaired) electrons. The molecule has 0 atom stereocenters. The lowest BCUT2D eigenvalue weighted by Gasteiger charge is -2.15. The Morgan fingerprint density at radius 3 is 2.59 bits per heavy atom. The summed E-state index contributed by atoms with van der Waals surface area (Å²) in [5.41, 5.74) is 1.55. The maximum Gasteiger partial charge on any atom is 0.272 e. The fourth-order valence-electron chi connectivity index (χ4n) is 1.95. The number of hydrogen-bond donors (Lipinski definition) is 1. The molecule has 2 heterocycles. The second kappa shape index (κ2) is 6.48. The Morgan fingerprint density at radius 2 is 2.00 bits per heavy atom. The third kappa shape index (κ3) is 4.07. The molecule has 4 nitrogen and oxygen atoms in total. The van der Waals surface area contributed by atoms with Crippen molar-refractivity contribution in [3.8, 4) is 0 Å². The maximum atomic E-state index is 11.9. The van der Waals surface area contributed by atoms with Crippen molar-refractivity contribution in [1.29, 1.82) is 0 Å². The number of nitrogens with one attached hydrogen (secondary N) is 1. The highest BCUT2D eigenvalue weighted by Gasteiger charge is 2.16. The van der Waals surface area contributed by atoms with Crippen LogP contribution in [0.15, 0.2) is 30.5 Å².